The van der Waals surface area contributed by atoms with Gasteiger partial charge in [0.05, 0.1) is 12.7 Å². The quantitative estimate of drug-likeness (QED) is 0.692. The number of ether oxygens (including phenoxy) is 1. The van der Waals surface area contributed by atoms with E-state index < -0.39 is 17.7 Å². The second kappa shape index (κ2) is 8.88. The van der Waals surface area contributed by atoms with E-state index in [1.54, 1.807) is 0 Å². The number of amides is 1. The van der Waals surface area contributed by atoms with Crippen LogP contribution in [0.25, 0.3) is 0 Å². The summed E-state index contributed by atoms with van der Waals surface area (Å²) in [7, 11) is 0. The van der Waals surface area contributed by atoms with Crippen LogP contribution in [-0.2, 0) is 24.3 Å². The zero-order chi connectivity index (χ0) is 19.1. The second-order valence-corrected chi connectivity index (χ2v) is 5.88. The molecule has 1 N–H and O–H groups in total. The predicted octanol–water partition coefficient (Wildman–Crippen LogP) is 3.07. The molecule has 0 unspecified atom stereocenters. The summed E-state index contributed by atoms with van der Waals surface area (Å²) in [6, 6.07) is 13.0. The van der Waals surface area contributed by atoms with Crippen molar-refractivity contribution in [2.75, 3.05) is 6.54 Å². The number of carbonyl (C=O) groups is 1. The predicted molar refractivity (Wildman–Crippen MR) is 93.8 cm³/mol. The van der Waals surface area contributed by atoms with Crippen molar-refractivity contribution in [1.82, 2.24) is 20.3 Å². The number of benzene rings is 2. The molecule has 0 aliphatic rings. The number of halogens is 2. The summed E-state index contributed by atoms with van der Waals surface area (Å²) in [5.41, 5.74) is 1.68. The fourth-order valence-electron chi connectivity index (χ4n) is 2.47. The number of nitrogens with zero attached hydrogens (tertiary/aromatic N) is 3. The van der Waals surface area contributed by atoms with Crippen molar-refractivity contribution in [2.24, 2.45) is 0 Å². The SMILES string of the molecule is O=C(NCCc1ccccc1)OCc1cn(Cc2cc(F)ccc2F)nn1. The van der Waals surface area contributed by atoms with E-state index in [1.807, 2.05) is 30.3 Å². The number of alkyl carbamates (subject to hydrolysis) is 1. The molecule has 0 atom stereocenters. The summed E-state index contributed by atoms with van der Waals surface area (Å²) in [6.07, 6.45) is 1.66. The van der Waals surface area contributed by atoms with Crippen LogP contribution in [0.15, 0.2) is 54.7 Å². The monoisotopic (exact) mass is 372 g/mol. The van der Waals surface area contributed by atoms with E-state index in [2.05, 4.69) is 15.6 Å². The fraction of sp³-hybridized carbons (Fsp3) is 0.211. The molecular formula is C19H18F2N4O2. The van der Waals surface area contributed by atoms with Gasteiger partial charge >= 0.3 is 6.09 Å². The zero-order valence-corrected chi connectivity index (χ0v) is 14.4. The Labute approximate surface area is 154 Å². The van der Waals surface area contributed by atoms with Gasteiger partial charge in [-0.25, -0.2) is 18.3 Å². The highest BCUT2D eigenvalue weighted by Crippen LogP contribution is 2.11. The van der Waals surface area contributed by atoms with Crippen LogP contribution in [0.5, 0.6) is 0 Å². The van der Waals surface area contributed by atoms with Crippen molar-refractivity contribution in [3.63, 3.8) is 0 Å². The van der Waals surface area contributed by atoms with Crippen molar-refractivity contribution in [3.05, 3.63) is 83.2 Å². The minimum absolute atomic E-state index is 0.0276. The van der Waals surface area contributed by atoms with E-state index in [0.717, 1.165) is 23.8 Å². The number of carbonyl (C=O) groups excluding carboxylic acids is 1. The Morgan fingerprint density at radius 2 is 1.96 bits per heavy atom. The van der Waals surface area contributed by atoms with Gasteiger partial charge in [-0.1, -0.05) is 35.5 Å². The largest absolute Gasteiger partial charge is 0.443 e. The topological polar surface area (TPSA) is 69.0 Å². The van der Waals surface area contributed by atoms with Crippen LogP contribution >= 0.6 is 0 Å². The van der Waals surface area contributed by atoms with E-state index in [0.29, 0.717) is 18.7 Å². The maximum Gasteiger partial charge on any atom is 0.407 e. The molecule has 0 bridgehead atoms. The molecule has 3 rings (SSSR count). The van der Waals surface area contributed by atoms with Crippen LogP contribution < -0.4 is 5.32 Å². The minimum Gasteiger partial charge on any atom is -0.443 e. The van der Waals surface area contributed by atoms with Gasteiger partial charge in [0.15, 0.2) is 0 Å². The molecule has 0 aliphatic heterocycles. The van der Waals surface area contributed by atoms with Crippen LogP contribution in [0.4, 0.5) is 13.6 Å². The van der Waals surface area contributed by atoms with Crippen LogP contribution in [0.1, 0.15) is 16.8 Å². The summed E-state index contributed by atoms with van der Waals surface area (Å²) in [6.45, 7) is 0.414. The van der Waals surface area contributed by atoms with E-state index in [9.17, 15) is 13.6 Å². The maximum atomic E-state index is 13.7. The van der Waals surface area contributed by atoms with Crippen LogP contribution in [0, 0.1) is 11.6 Å². The molecule has 0 saturated carbocycles. The lowest BCUT2D eigenvalue weighted by molar-refractivity contribution is 0.138. The lowest BCUT2D eigenvalue weighted by atomic mass is 10.1. The third-order valence-electron chi connectivity index (χ3n) is 3.80. The number of aromatic nitrogens is 3. The standard InChI is InChI=1S/C19H18F2N4O2/c20-16-6-7-18(21)15(10-16)11-25-12-17(23-24-25)13-27-19(26)22-9-8-14-4-2-1-3-5-14/h1-7,10,12H,8-9,11,13H2,(H,22,26). The maximum absolute atomic E-state index is 13.7. The van der Waals surface area contributed by atoms with Gasteiger partial charge in [-0.05, 0) is 30.2 Å². The second-order valence-electron chi connectivity index (χ2n) is 5.88. The van der Waals surface area contributed by atoms with E-state index in [1.165, 1.54) is 10.9 Å². The van der Waals surface area contributed by atoms with Gasteiger partial charge < -0.3 is 10.1 Å². The molecule has 0 spiro atoms. The Morgan fingerprint density at radius 1 is 1.15 bits per heavy atom. The van der Waals surface area contributed by atoms with Crippen molar-refractivity contribution in [2.45, 2.75) is 19.6 Å². The highest BCUT2D eigenvalue weighted by atomic mass is 19.1. The van der Waals surface area contributed by atoms with Gasteiger partial charge in [-0.15, -0.1) is 5.10 Å². The number of nitrogens with one attached hydrogen (secondary N) is 1. The van der Waals surface area contributed by atoms with Crippen molar-refractivity contribution < 1.29 is 18.3 Å². The van der Waals surface area contributed by atoms with Gasteiger partial charge in [0.1, 0.15) is 23.9 Å². The lowest BCUT2D eigenvalue weighted by Gasteiger charge is -2.05. The Morgan fingerprint density at radius 3 is 2.78 bits per heavy atom. The highest BCUT2D eigenvalue weighted by Gasteiger charge is 2.09. The van der Waals surface area contributed by atoms with Crippen molar-refractivity contribution in [1.29, 1.82) is 0 Å². The van der Waals surface area contributed by atoms with E-state index in [4.69, 9.17) is 4.74 Å². The number of rotatable bonds is 7. The van der Waals surface area contributed by atoms with Gasteiger partial charge in [0.2, 0.25) is 0 Å². The molecular weight excluding hydrogens is 354 g/mol. The van der Waals surface area contributed by atoms with E-state index in [-0.39, 0.29) is 18.7 Å². The first kappa shape index (κ1) is 18.5. The first-order valence-electron chi connectivity index (χ1n) is 8.37. The average Bonchev–Trinajstić information content (AvgIpc) is 3.11. The Bertz CT molecular complexity index is 900. The molecule has 27 heavy (non-hydrogen) atoms. The third kappa shape index (κ3) is 5.60. The molecule has 1 heterocycles. The zero-order valence-electron chi connectivity index (χ0n) is 14.4. The number of hydrogen-bond donors (Lipinski definition) is 1. The smallest absolute Gasteiger partial charge is 0.407 e. The normalized spacial score (nSPS) is 10.6. The minimum atomic E-state index is -0.559. The Kier molecular flexibility index (Phi) is 6.09. The average molecular weight is 372 g/mol. The summed E-state index contributed by atoms with van der Waals surface area (Å²) in [4.78, 5) is 11.7. The molecule has 2 aromatic carbocycles. The molecule has 0 aliphatic carbocycles. The molecule has 1 amide bonds. The summed E-state index contributed by atoms with van der Waals surface area (Å²) in [5.74, 6) is -1.05. The van der Waals surface area contributed by atoms with Crippen molar-refractivity contribution >= 4 is 6.09 Å². The summed E-state index contributed by atoms with van der Waals surface area (Å²) >= 11 is 0. The van der Waals surface area contributed by atoms with Gasteiger partial charge in [0, 0.05) is 12.1 Å². The Hall–Kier alpha value is -3.29. The van der Waals surface area contributed by atoms with Gasteiger partial charge in [-0.2, -0.15) is 0 Å². The van der Waals surface area contributed by atoms with E-state index >= 15 is 0 Å². The molecule has 140 valence electrons. The van der Waals surface area contributed by atoms with Crippen LogP contribution in [0.2, 0.25) is 0 Å². The first-order valence-corrected chi connectivity index (χ1v) is 8.37. The first-order chi connectivity index (χ1) is 13.1. The van der Waals surface area contributed by atoms with Crippen molar-refractivity contribution in [3.8, 4) is 0 Å². The highest BCUT2D eigenvalue weighted by molar-refractivity contribution is 5.67. The van der Waals surface area contributed by atoms with Gasteiger partial charge in [0.25, 0.3) is 0 Å². The molecule has 3 aromatic rings. The summed E-state index contributed by atoms with van der Waals surface area (Å²) < 4.78 is 33.3. The van der Waals surface area contributed by atoms with Gasteiger partial charge in [-0.3, -0.25) is 0 Å². The van der Waals surface area contributed by atoms with Crippen LogP contribution in [-0.4, -0.2) is 27.6 Å². The molecule has 0 radical (unpaired) electrons. The number of hydrogen-bond acceptors (Lipinski definition) is 4. The fourth-order valence-corrected chi connectivity index (χ4v) is 2.47. The molecule has 0 fully saturated rings. The summed E-state index contributed by atoms with van der Waals surface area (Å²) in [5, 5.41) is 10.3. The molecule has 0 saturated heterocycles. The molecule has 6 nitrogen and oxygen atoms in total. The molecule has 8 heteroatoms. The Balaban J connectivity index is 1.43. The van der Waals surface area contributed by atoms with Crippen LogP contribution in [0.3, 0.4) is 0 Å². The molecule has 1 aromatic heterocycles. The third-order valence-corrected chi connectivity index (χ3v) is 3.80. The lowest BCUT2D eigenvalue weighted by Crippen LogP contribution is -2.26.